The highest BCUT2D eigenvalue weighted by molar-refractivity contribution is 6.53. The van der Waals surface area contributed by atoms with Gasteiger partial charge in [-0.3, -0.25) is 29.0 Å². The lowest BCUT2D eigenvalue weighted by atomic mass is 9.57. The third-order valence-electron chi connectivity index (χ3n) is 10.5. The van der Waals surface area contributed by atoms with Crippen LogP contribution < -0.4 is 19.3 Å². The molecule has 5 aliphatic rings. The molecule has 2 aromatic rings. The van der Waals surface area contributed by atoms with Gasteiger partial charge in [0.1, 0.15) is 0 Å². The minimum atomic E-state index is -1.89. The van der Waals surface area contributed by atoms with Gasteiger partial charge in [0.2, 0.25) is 17.6 Å². The summed E-state index contributed by atoms with van der Waals surface area (Å²) in [5, 5.41) is 10.4. The predicted molar refractivity (Wildman–Crippen MR) is 178 cm³/mol. The summed E-state index contributed by atoms with van der Waals surface area (Å²) in [4.78, 5) is 56.2. The molecule has 0 aromatic heterocycles. The van der Waals surface area contributed by atoms with Crippen LogP contribution in [0.1, 0.15) is 18.4 Å². The first-order valence-corrected chi connectivity index (χ1v) is 16.6. The number of fused-ring (bicyclic) bond motifs is 4. The van der Waals surface area contributed by atoms with Gasteiger partial charge in [-0.05, 0) is 60.7 Å². The molecule has 0 bridgehead atoms. The molecule has 3 heterocycles. The number of hydrogen-bond acceptors (Lipinski definition) is 9. The van der Waals surface area contributed by atoms with Gasteiger partial charge in [-0.15, -0.1) is 23.2 Å². The first-order valence-electron chi connectivity index (χ1n) is 15.8. The number of methoxy groups -OCH3 is 2. The number of nitrogens with zero attached hydrogens (tertiary/aromatic N) is 3. The van der Waals surface area contributed by atoms with E-state index in [2.05, 4.69) is 4.90 Å². The molecule has 1 N–H and O–H groups in total. The molecule has 252 valence electrons. The van der Waals surface area contributed by atoms with Crippen LogP contribution in [0.2, 0.25) is 0 Å². The van der Waals surface area contributed by atoms with Crippen molar-refractivity contribution in [2.24, 2.45) is 23.7 Å². The average molecular weight is 697 g/mol. The molecule has 3 aliphatic heterocycles. The predicted octanol–water partition coefficient (Wildman–Crippen LogP) is 3.99. The van der Waals surface area contributed by atoms with E-state index in [4.69, 9.17) is 37.4 Å². The lowest BCUT2D eigenvalue weighted by Gasteiger charge is -2.49. The van der Waals surface area contributed by atoms with Gasteiger partial charge in [-0.25, -0.2) is 0 Å². The van der Waals surface area contributed by atoms with Crippen molar-refractivity contribution in [2.75, 3.05) is 57.4 Å². The number of phenols is 1. The summed E-state index contributed by atoms with van der Waals surface area (Å²) < 4.78 is 16.1. The number of morpholine rings is 1. The Labute approximate surface area is 287 Å². The lowest BCUT2D eigenvalue weighted by molar-refractivity contribution is -0.138. The Balaban J connectivity index is 1.26. The van der Waals surface area contributed by atoms with Crippen molar-refractivity contribution in [2.45, 2.75) is 22.6 Å². The number of phenolic OH excluding ortho intramolecular Hbond substituents is 1. The summed E-state index contributed by atoms with van der Waals surface area (Å²) in [6, 6.07) is 10.5. The highest BCUT2D eigenvalue weighted by Gasteiger charge is 2.75. The molecular weight excluding hydrogens is 661 g/mol. The maximum absolute atomic E-state index is 14.3. The number of halogens is 2. The van der Waals surface area contributed by atoms with Gasteiger partial charge in [0.15, 0.2) is 21.2 Å². The molecule has 6 atom stereocenters. The molecule has 4 amide bonds. The first kappa shape index (κ1) is 32.5. The Morgan fingerprint density at radius 3 is 2.17 bits per heavy atom. The number of aromatic hydroxyl groups is 1. The van der Waals surface area contributed by atoms with E-state index in [1.165, 1.54) is 26.2 Å². The monoisotopic (exact) mass is 695 g/mol. The fourth-order valence-electron chi connectivity index (χ4n) is 8.10. The van der Waals surface area contributed by atoms with Gasteiger partial charge in [0, 0.05) is 31.7 Å². The summed E-state index contributed by atoms with van der Waals surface area (Å²) in [7, 11) is 4.17. The van der Waals surface area contributed by atoms with Crippen molar-refractivity contribution < 1.29 is 38.5 Å². The molecule has 7 rings (SSSR count). The van der Waals surface area contributed by atoms with Gasteiger partial charge in [0.05, 0.1) is 45.0 Å². The summed E-state index contributed by atoms with van der Waals surface area (Å²) in [6.45, 7) is 2.77. The molecule has 0 spiro atoms. The number of carbonyl (C=O) groups excluding carboxylic acids is 4. The summed E-state index contributed by atoms with van der Waals surface area (Å²) in [5.41, 5.74) is 2.69. The van der Waals surface area contributed by atoms with Crippen LogP contribution in [-0.2, 0) is 23.9 Å². The Hall–Kier alpha value is -4.06. The number of benzene rings is 2. The van der Waals surface area contributed by atoms with Gasteiger partial charge < -0.3 is 24.2 Å². The van der Waals surface area contributed by atoms with Crippen LogP contribution in [0.5, 0.6) is 17.2 Å². The topological polar surface area (TPSA) is 126 Å². The second kappa shape index (κ2) is 11.8. The van der Waals surface area contributed by atoms with Crippen LogP contribution in [0.3, 0.4) is 0 Å². The molecule has 0 unspecified atom stereocenters. The van der Waals surface area contributed by atoms with Gasteiger partial charge in [-0.2, -0.15) is 0 Å². The number of anilines is 2. The number of imide groups is 2. The normalized spacial score (nSPS) is 31.6. The maximum Gasteiger partial charge on any atom is 0.253 e. The molecule has 0 radical (unpaired) electrons. The number of carbonyl (C=O) groups is 4. The average Bonchev–Trinajstić information content (AvgIpc) is 3.43. The van der Waals surface area contributed by atoms with Crippen LogP contribution in [-0.4, -0.2) is 91.0 Å². The van der Waals surface area contributed by atoms with Crippen LogP contribution >= 0.6 is 23.2 Å². The first-order chi connectivity index (χ1) is 23.0. The molecule has 13 heteroatoms. The number of hydrogen-bond donors (Lipinski definition) is 1. The van der Waals surface area contributed by atoms with Crippen molar-refractivity contribution in [3.8, 4) is 17.2 Å². The van der Waals surface area contributed by atoms with Crippen molar-refractivity contribution in [1.29, 1.82) is 0 Å². The van der Waals surface area contributed by atoms with Crippen LogP contribution in [0.15, 0.2) is 54.1 Å². The van der Waals surface area contributed by atoms with Crippen LogP contribution in [0, 0.1) is 23.7 Å². The zero-order valence-corrected chi connectivity index (χ0v) is 28.2. The standard InChI is InChI=1S/C35H35Cl2N3O8/c1-38-32(44)34(36)18-24-22(25(35(34,37)33(38)45)11-4-19-16-26(46-2)29(41)27(17-19)47-3)9-10-23-28(24)31(43)40(30(23)42)21-7-5-20(6-8-21)39-12-14-48-15-13-39/h4-9,11,16-17,23-25,28,41H,10,12-15,18H2,1-3H3/t23-,24+,25-,28-,34+,35-/m0/s1. The SMILES string of the molecule is COc1cc(C=C[C@H]2C3=CC[C@@H]4C(=O)N(c5ccc(N6CCOCC6)cc5)C(=O)[C@@H]4[C@@H]3C[C@@]3(Cl)C(=O)N(C)C(=O)[C@@]23Cl)cc(OC)c1O. The number of ether oxygens (including phenoxy) is 3. The zero-order chi connectivity index (χ0) is 34.1. The third-order valence-corrected chi connectivity index (χ3v) is 12.0. The summed E-state index contributed by atoms with van der Waals surface area (Å²) >= 11 is 14.4. The summed E-state index contributed by atoms with van der Waals surface area (Å²) in [6.07, 6.45) is 5.43. The second-order valence-electron chi connectivity index (χ2n) is 12.8. The zero-order valence-electron chi connectivity index (χ0n) is 26.7. The molecular formula is C35H35Cl2N3O8. The number of allylic oxidation sites excluding steroid dienone is 3. The maximum atomic E-state index is 14.3. The minimum absolute atomic E-state index is 0.0893. The van der Waals surface area contributed by atoms with Gasteiger partial charge >= 0.3 is 0 Å². The molecule has 3 saturated heterocycles. The quantitative estimate of drug-likeness (QED) is 0.271. The van der Waals surface area contributed by atoms with Crippen LogP contribution in [0.4, 0.5) is 11.4 Å². The highest BCUT2D eigenvalue weighted by Crippen LogP contribution is 2.63. The van der Waals surface area contributed by atoms with Crippen molar-refractivity contribution in [1.82, 2.24) is 4.90 Å². The van der Waals surface area contributed by atoms with Crippen molar-refractivity contribution in [3.05, 3.63) is 59.7 Å². The van der Waals surface area contributed by atoms with E-state index < -0.39 is 45.2 Å². The molecule has 2 aliphatic carbocycles. The highest BCUT2D eigenvalue weighted by atomic mass is 35.5. The number of alkyl halides is 2. The number of amides is 4. The van der Waals surface area contributed by atoms with E-state index in [1.54, 1.807) is 36.4 Å². The van der Waals surface area contributed by atoms with E-state index in [0.29, 0.717) is 30.0 Å². The Morgan fingerprint density at radius 1 is 0.917 bits per heavy atom. The second-order valence-corrected chi connectivity index (χ2v) is 14.0. The van der Waals surface area contributed by atoms with E-state index in [1.807, 2.05) is 18.2 Å². The third kappa shape index (κ3) is 4.58. The van der Waals surface area contributed by atoms with Crippen molar-refractivity contribution >= 4 is 64.3 Å². The Bertz CT molecular complexity index is 1750. The van der Waals surface area contributed by atoms with E-state index in [0.717, 1.165) is 23.7 Å². The number of rotatable bonds is 6. The number of likely N-dealkylation sites (tertiary alicyclic amines) is 1. The van der Waals surface area contributed by atoms with E-state index in [9.17, 15) is 24.3 Å². The minimum Gasteiger partial charge on any atom is -0.502 e. The fourth-order valence-corrected chi connectivity index (χ4v) is 9.07. The Morgan fingerprint density at radius 2 is 1.54 bits per heavy atom. The van der Waals surface area contributed by atoms with Gasteiger partial charge in [-0.1, -0.05) is 23.8 Å². The molecule has 4 fully saturated rings. The molecule has 11 nitrogen and oxygen atoms in total. The van der Waals surface area contributed by atoms with E-state index >= 15 is 0 Å². The fraction of sp³-hybridized carbons (Fsp3) is 0.429. The Kier molecular flexibility index (Phi) is 8.00. The summed E-state index contributed by atoms with van der Waals surface area (Å²) in [5.74, 6) is -4.81. The van der Waals surface area contributed by atoms with Gasteiger partial charge in [0.25, 0.3) is 11.8 Å². The molecule has 48 heavy (non-hydrogen) atoms. The van der Waals surface area contributed by atoms with Crippen LogP contribution in [0.25, 0.3) is 6.08 Å². The molecule has 1 saturated carbocycles. The van der Waals surface area contributed by atoms with E-state index in [-0.39, 0.29) is 41.9 Å². The smallest absolute Gasteiger partial charge is 0.253 e. The lowest BCUT2D eigenvalue weighted by Crippen LogP contribution is -2.60. The largest absolute Gasteiger partial charge is 0.502 e. The molecule has 2 aromatic carbocycles. The van der Waals surface area contributed by atoms with Crippen molar-refractivity contribution in [3.63, 3.8) is 0 Å².